The number of likely N-dealkylation sites (tertiary alicyclic amines) is 1. The summed E-state index contributed by atoms with van der Waals surface area (Å²) in [4.78, 5) is 2.62. The molecule has 1 aromatic rings. The second-order valence-electron chi connectivity index (χ2n) is 6.58. The van der Waals surface area contributed by atoms with Gasteiger partial charge in [-0.05, 0) is 43.0 Å². The fraction of sp³-hybridized carbons (Fsp3) is 0.625. The van der Waals surface area contributed by atoms with Crippen molar-refractivity contribution in [2.75, 3.05) is 25.5 Å². The highest BCUT2D eigenvalue weighted by atomic mass is 15.1. The molecule has 0 unspecified atom stereocenters. The summed E-state index contributed by atoms with van der Waals surface area (Å²) in [7, 11) is 2.32. The first kappa shape index (κ1) is 10.9. The van der Waals surface area contributed by atoms with E-state index in [-0.39, 0.29) is 0 Å². The van der Waals surface area contributed by atoms with E-state index in [1.54, 1.807) is 11.1 Å². The monoisotopic (exact) mass is 242 g/mol. The van der Waals surface area contributed by atoms with Crippen LogP contribution in [0.1, 0.15) is 42.7 Å². The largest absolute Gasteiger partial charge is 0.384 e. The molecule has 1 aliphatic carbocycles. The van der Waals surface area contributed by atoms with Gasteiger partial charge in [0.1, 0.15) is 0 Å². The van der Waals surface area contributed by atoms with Crippen LogP contribution in [-0.4, -0.2) is 31.1 Å². The zero-order chi connectivity index (χ0) is 12.3. The lowest BCUT2D eigenvalue weighted by atomic mass is 9.69. The number of rotatable bonds is 0. The van der Waals surface area contributed by atoms with Gasteiger partial charge in [-0.15, -0.1) is 0 Å². The van der Waals surface area contributed by atoms with Crippen molar-refractivity contribution < 1.29 is 0 Å². The van der Waals surface area contributed by atoms with E-state index in [1.807, 2.05) is 0 Å². The first-order chi connectivity index (χ1) is 8.74. The minimum absolute atomic E-state index is 0.758. The molecule has 2 nitrogen and oxygen atoms in total. The van der Waals surface area contributed by atoms with Crippen molar-refractivity contribution in [3.05, 3.63) is 29.3 Å². The van der Waals surface area contributed by atoms with Gasteiger partial charge in [0.15, 0.2) is 0 Å². The molecule has 3 aliphatic rings. The Bertz CT molecular complexity index is 482. The van der Waals surface area contributed by atoms with E-state index in [0.29, 0.717) is 0 Å². The summed E-state index contributed by atoms with van der Waals surface area (Å²) >= 11 is 0. The van der Waals surface area contributed by atoms with E-state index in [0.717, 1.165) is 30.3 Å². The molecular weight excluding hydrogens is 220 g/mol. The lowest BCUT2D eigenvalue weighted by Crippen LogP contribution is -2.47. The van der Waals surface area contributed by atoms with Gasteiger partial charge in [-0.3, -0.25) is 0 Å². The Morgan fingerprint density at radius 2 is 2.17 bits per heavy atom. The molecule has 18 heavy (non-hydrogen) atoms. The summed E-state index contributed by atoms with van der Waals surface area (Å²) in [6, 6.07) is 7.66. The van der Waals surface area contributed by atoms with Gasteiger partial charge in [0, 0.05) is 36.7 Å². The topological polar surface area (TPSA) is 15.3 Å². The highest BCUT2D eigenvalue weighted by Crippen LogP contribution is 2.50. The number of likely N-dealkylation sites (N-methyl/N-ethyl adjacent to an activating group) is 1. The van der Waals surface area contributed by atoms with Gasteiger partial charge in [-0.25, -0.2) is 0 Å². The van der Waals surface area contributed by atoms with Crippen molar-refractivity contribution in [2.24, 2.45) is 5.92 Å². The predicted octanol–water partition coefficient (Wildman–Crippen LogP) is 3.02. The summed E-state index contributed by atoms with van der Waals surface area (Å²) < 4.78 is 0. The summed E-state index contributed by atoms with van der Waals surface area (Å²) in [6.45, 7) is 4.83. The molecule has 0 spiro atoms. The second kappa shape index (κ2) is 3.74. The fourth-order valence-corrected chi connectivity index (χ4v) is 4.62. The molecule has 0 bridgehead atoms. The summed E-state index contributed by atoms with van der Waals surface area (Å²) in [5, 5.41) is 3.60. The van der Waals surface area contributed by atoms with Crippen LogP contribution < -0.4 is 5.32 Å². The first-order valence-electron chi connectivity index (χ1n) is 7.31. The Morgan fingerprint density at radius 1 is 1.28 bits per heavy atom. The normalized spacial score (nSPS) is 37.9. The number of fused-ring (bicyclic) bond motifs is 2. The third-order valence-electron chi connectivity index (χ3n) is 5.30. The molecule has 2 heteroatoms. The molecule has 2 aliphatic heterocycles. The number of nitrogens with zero attached hydrogens (tertiary/aromatic N) is 1. The summed E-state index contributed by atoms with van der Waals surface area (Å²) in [5.74, 6) is 2.36. The van der Waals surface area contributed by atoms with Crippen LogP contribution in [0.4, 0.5) is 5.69 Å². The van der Waals surface area contributed by atoms with Crippen LogP contribution in [0.3, 0.4) is 0 Å². The minimum Gasteiger partial charge on any atom is -0.384 e. The van der Waals surface area contributed by atoms with E-state index in [1.165, 1.54) is 25.1 Å². The van der Waals surface area contributed by atoms with Crippen LogP contribution in [-0.2, 0) is 0 Å². The first-order valence-corrected chi connectivity index (χ1v) is 7.31. The molecule has 1 aromatic carbocycles. The third-order valence-corrected chi connectivity index (χ3v) is 5.30. The van der Waals surface area contributed by atoms with Crippen molar-refractivity contribution in [2.45, 2.75) is 37.6 Å². The van der Waals surface area contributed by atoms with Crippen LogP contribution in [0.15, 0.2) is 18.2 Å². The van der Waals surface area contributed by atoms with Crippen molar-refractivity contribution in [3.8, 4) is 0 Å². The number of benzene rings is 1. The Labute approximate surface area is 109 Å². The van der Waals surface area contributed by atoms with Crippen molar-refractivity contribution in [1.29, 1.82) is 0 Å². The maximum absolute atomic E-state index is 3.60. The molecule has 0 amide bonds. The Morgan fingerprint density at radius 3 is 3.06 bits per heavy atom. The summed E-state index contributed by atoms with van der Waals surface area (Å²) in [5.41, 5.74) is 4.72. The highest BCUT2D eigenvalue weighted by Gasteiger charge is 2.42. The van der Waals surface area contributed by atoms with Crippen molar-refractivity contribution in [3.63, 3.8) is 0 Å². The quantitative estimate of drug-likeness (QED) is 0.752. The average molecular weight is 242 g/mol. The van der Waals surface area contributed by atoms with Gasteiger partial charge in [0.05, 0.1) is 0 Å². The van der Waals surface area contributed by atoms with Crippen LogP contribution in [0, 0.1) is 5.92 Å². The van der Waals surface area contributed by atoms with Crippen molar-refractivity contribution in [1.82, 2.24) is 4.90 Å². The molecule has 0 aromatic heterocycles. The van der Waals surface area contributed by atoms with Crippen LogP contribution in [0.2, 0.25) is 0 Å². The second-order valence-corrected chi connectivity index (χ2v) is 6.58. The third kappa shape index (κ3) is 1.38. The number of hydrogen-bond acceptors (Lipinski definition) is 2. The Kier molecular flexibility index (Phi) is 2.25. The van der Waals surface area contributed by atoms with E-state index in [2.05, 4.69) is 42.4 Å². The fourth-order valence-electron chi connectivity index (χ4n) is 4.62. The molecule has 1 N–H and O–H groups in total. The predicted molar refractivity (Wildman–Crippen MR) is 75.2 cm³/mol. The Balaban J connectivity index is 1.83. The van der Waals surface area contributed by atoms with E-state index >= 15 is 0 Å². The molecule has 0 radical (unpaired) electrons. The zero-order valence-corrected chi connectivity index (χ0v) is 11.3. The molecule has 2 heterocycles. The lowest BCUT2D eigenvalue weighted by Gasteiger charge is -2.47. The highest BCUT2D eigenvalue weighted by molar-refractivity contribution is 5.63. The van der Waals surface area contributed by atoms with Gasteiger partial charge in [-0.1, -0.05) is 19.1 Å². The van der Waals surface area contributed by atoms with Gasteiger partial charge >= 0.3 is 0 Å². The van der Waals surface area contributed by atoms with E-state index < -0.39 is 0 Å². The number of hydrogen-bond donors (Lipinski definition) is 1. The van der Waals surface area contributed by atoms with Gasteiger partial charge in [0.25, 0.3) is 0 Å². The smallest absolute Gasteiger partial charge is 0.0379 e. The van der Waals surface area contributed by atoms with Gasteiger partial charge < -0.3 is 10.2 Å². The SMILES string of the molecule is C[C@@H]1C[C@@H]2c3cccc4c3[C@@H](CN4)C[C@H]2N(C)C1. The average Bonchev–Trinajstić information content (AvgIpc) is 2.76. The van der Waals surface area contributed by atoms with Crippen LogP contribution >= 0.6 is 0 Å². The molecular formula is C16H22N2. The lowest BCUT2D eigenvalue weighted by molar-refractivity contribution is 0.102. The van der Waals surface area contributed by atoms with Crippen LogP contribution in [0.25, 0.3) is 0 Å². The molecule has 0 saturated carbocycles. The standard InChI is InChI=1S/C16H22N2/c1-10-6-13-12-4-3-5-14-16(12)11(8-17-14)7-15(13)18(2)9-10/h3-5,10-11,13,15,17H,6-9H2,1-2H3/t10-,11-,13-,15-/m1/s1. The molecule has 1 fully saturated rings. The van der Waals surface area contributed by atoms with Crippen LogP contribution in [0.5, 0.6) is 0 Å². The van der Waals surface area contributed by atoms with E-state index in [9.17, 15) is 0 Å². The maximum Gasteiger partial charge on any atom is 0.0379 e. The Hall–Kier alpha value is -1.02. The number of piperidine rings is 1. The maximum atomic E-state index is 3.60. The molecule has 96 valence electrons. The molecule has 1 saturated heterocycles. The zero-order valence-electron chi connectivity index (χ0n) is 11.3. The van der Waals surface area contributed by atoms with Gasteiger partial charge in [-0.2, -0.15) is 0 Å². The number of anilines is 1. The minimum atomic E-state index is 0.758. The number of nitrogens with one attached hydrogen (secondary N) is 1. The van der Waals surface area contributed by atoms with Gasteiger partial charge in [0.2, 0.25) is 0 Å². The van der Waals surface area contributed by atoms with E-state index in [4.69, 9.17) is 0 Å². The van der Waals surface area contributed by atoms with Crippen molar-refractivity contribution >= 4 is 5.69 Å². The molecule has 4 rings (SSSR count). The molecule has 4 atom stereocenters. The summed E-state index contributed by atoms with van der Waals surface area (Å²) in [6.07, 6.45) is 2.73.